The highest BCUT2D eigenvalue weighted by Gasteiger charge is 2.18. The van der Waals surface area contributed by atoms with Crippen LogP contribution in [0.15, 0.2) is 17.1 Å². The highest BCUT2D eigenvalue weighted by Crippen LogP contribution is 2.23. The Kier molecular flexibility index (Phi) is 4.93. The first-order chi connectivity index (χ1) is 8.49. The summed E-state index contributed by atoms with van der Waals surface area (Å²) in [6, 6.07) is 3.84. The normalized spacial score (nSPS) is 16.6. The molecule has 1 aliphatic rings. The van der Waals surface area contributed by atoms with Crippen molar-refractivity contribution in [3.63, 3.8) is 0 Å². The van der Waals surface area contributed by atoms with Gasteiger partial charge in [0.1, 0.15) is 5.82 Å². The average molecular weight is 249 g/mol. The van der Waals surface area contributed by atoms with E-state index in [-0.39, 0.29) is 12.0 Å². The molecule has 0 spiro atoms. The first kappa shape index (κ1) is 14.3. The van der Waals surface area contributed by atoms with E-state index in [0.29, 0.717) is 17.5 Å². The monoisotopic (exact) mass is 249 g/mol. The first-order valence-electron chi connectivity index (χ1n) is 5.81. The van der Waals surface area contributed by atoms with E-state index in [1.54, 1.807) is 13.0 Å². The van der Waals surface area contributed by atoms with Gasteiger partial charge >= 0.3 is 6.15 Å². The lowest BCUT2D eigenvalue weighted by Crippen LogP contribution is -2.21. The number of aryl methyl sites for hydroxylation is 1. The lowest BCUT2D eigenvalue weighted by molar-refractivity contribution is -0.191. The van der Waals surface area contributed by atoms with Gasteiger partial charge in [-0.3, -0.25) is 4.99 Å². The molecule has 0 radical (unpaired) electrons. The van der Waals surface area contributed by atoms with Crippen molar-refractivity contribution in [2.75, 3.05) is 0 Å². The number of carbonyl (C=O) groups excluding carboxylic acids is 2. The average Bonchev–Trinajstić information content (AvgIpc) is 2.31. The van der Waals surface area contributed by atoms with Gasteiger partial charge in [-0.15, -0.1) is 0 Å². The zero-order chi connectivity index (χ0) is 13.7. The summed E-state index contributed by atoms with van der Waals surface area (Å²) in [7, 11) is 0. The van der Waals surface area contributed by atoms with Gasteiger partial charge in [0.05, 0.1) is 6.04 Å². The zero-order valence-electron chi connectivity index (χ0n) is 10.7. The minimum absolute atomic E-state index is 0.105. The number of benzene rings is 1. The largest absolute Gasteiger partial charge is 0.373 e. The Morgan fingerprint density at radius 2 is 2.00 bits per heavy atom. The van der Waals surface area contributed by atoms with Gasteiger partial charge < -0.3 is 0 Å². The molecule has 1 aliphatic heterocycles. The van der Waals surface area contributed by atoms with E-state index in [4.69, 9.17) is 9.59 Å². The summed E-state index contributed by atoms with van der Waals surface area (Å²) in [5.74, 6) is 0.408. The number of aliphatic imine (C=N–C) groups is 1. The molecule has 0 saturated carbocycles. The van der Waals surface area contributed by atoms with Gasteiger partial charge in [0, 0.05) is 6.21 Å². The molecule has 0 aromatic heterocycles. The second kappa shape index (κ2) is 6.22. The van der Waals surface area contributed by atoms with Crippen molar-refractivity contribution in [1.82, 2.24) is 0 Å². The van der Waals surface area contributed by atoms with E-state index >= 15 is 0 Å². The van der Waals surface area contributed by atoms with Gasteiger partial charge in [-0.1, -0.05) is 13.8 Å². The van der Waals surface area contributed by atoms with Gasteiger partial charge in [-0.25, -0.2) is 4.39 Å². The molecule has 1 heterocycles. The van der Waals surface area contributed by atoms with Crippen LogP contribution in [0.2, 0.25) is 0 Å². The summed E-state index contributed by atoms with van der Waals surface area (Å²) < 4.78 is 13.4. The standard InChI is InChI=1S/C13H16FN.CO2/c1-8(2)13-6-10-5-12(14)9(3)4-11(10)7-15-13;2-1-3/h4-5,7-8,13H,6H2,1-3H3;. The van der Waals surface area contributed by atoms with Crippen LogP contribution in [0.1, 0.15) is 30.5 Å². The maximum Gasteiger partial charge on any atom is 0.373 e. The number of hydrogen-bond donors (Lipinski definition) is 0. The number of rotatable bonds is 1. The predicted octanol–water partition coefficient (Wildman–Crippen LogP) is 2.55. The van der Waals surface area contributed by atoms with E-state index in [2.05, 4.69) is 18.8 Å². The Morgan fingerprint density at radius 3 is 2.56 bits per heavy atom. The summed E-state index contributed by atoms with van der Waals surface area (Å²) in [6.07, 6.45) is 3.00. The number of hydrogen-bond acceptors (Lipinski definition) is 3. The summed E-state index contributed by atoms with van der Waals surface area (Å²) in [5.41, 5.74) is 2.86. The molecule has 18 heavy (non-hydrogen) atoms. The molecule has 0 saturated heterocycles. The second-order valence-electron chi connectivity index (χ2n) is 4.68. The Labute approximate surface area is 106 Å². The smallest absolute Gasteiger partial charge is 0.289 e. The van der Waals surface area contributed by atoms with E-state index in [1.165, 1.54) is 0 Å². The fourth-order valence-electron chi connectivity index (χ4n) is 1.90. The molecule has 0 amide bonds. The Morgan fingerprint density at radius 1 is 1.39 bits per heavy atom. The van der Waals surface area contributed by atoms with Gasteiger partial charge in [0.15, 0.2) is 0 Å². The quantitative estimate of drug-likeness (QED) is 0.767. The van der Waals surface area contributed by atoms with Crippen LogP contribution in [0.5, 0.6) is 0 Å². The van der Waals surface area contributed by atoms with Crippen LogP contribution in [0.4, 0.5) is 4.39 Å². The SMILES string of the molecule is Cc1cc2c(cc1F)CC(C(C)C)N=C2.O=C=O. The van der Waals surface area contributed by atoms with Gasteiger partial charge in [-0.2, -0.15) is 9.59 Å². The number of halogens is 1. The zero-order valence-corrected chi connectivity index (χ0v) is 10.7. The van der Waals surface area contributed by atoms with Gasteiger partial charge in [-0.05, 0) is 48.1 Å². The summed E-state index contributed by atoms with van der Waals surface area (Å²) in [6.45, 7) is 6.09. The van der Waals surface area contributed by atoms with E-state index < -0.39 is 0 Å². The molecule has 4 heteroatoms. The van der Waals surface area contributed by atoms with Crippen LogP contribution < -0.4 is 0 Å². The van der Waals surface area contributed by atoms with Crippen molar-refractivity contribution in [2.24, 2.45) is 10.9 Å². The number of nitrogens with zero attached hydrogens (tertiary/aromatic N) is 1. The fraction of sp³-hybridized carbons (Fsp3) is 0.429. The van der Waals surface area contributed by atoms with Gasteiger partial charge in [0.25, 0.3) is 0 Å². The van der Waals surface area contributed by atoms with Crippen molar-refractivity contribution < 1.29 is 14.0 Å². The Balaban J connectivity index is 0.000000492. The van der Waals surface area contributed by atoms with Crippen LogP contribution >= 0.6 is 0 Å². The topological polar surface area (TPSA) is 46.5 Å². The van der Waals surface area contributed by atoms with Crippen LogP contribution in [-0.4, -0.2) is 18.4 Å². The lowest BCUT2D eigenvalue weighted by Gasteiger charge is -2.22. The van der Waals surface area contributed by atoms with Crippen LogP contribution in [0, 0.1) is 18.7 Å². The van der Waals surface area contributed by atoms with Crippen molar-refractivity contribution in [1.29, 1.82) is 0 Å². The molecule has 96 valence electrons. The Hall–Kier alpha value is -1.80. The third kappa shape index (κ3) is 3.34. The summed E-state index contributed by atoms with van der Waals surface area (Å²) in [5, 5.41) is 0. The van der Waals surface area contributed by atoms with Crippen molar-refractivity contribution in [3.05, 3.63) is 34.6 Å². The van der Waals surface area contributed by atoms with Crippen molar-refractivity contribution >= 4 is 12.4 Å². The maximum absolute atomic E-state index is 13.4. The van der Waals surface area contributed by atoms with E-state index in [1.807, 2.05) is 12.3 Å². The molecule has 3 nitrogen and oxygen atoms in total. The minimum Gasteiger partial charge on any atom is -0.289 e. The van der Waals surface area contributed by atoms with Gasteiger partial charge in [0.2, 0.25) is 0 Å². The summed E-state index contributed by atoms with van der Waals surface area (Å²) >= 11 is 0. The molecule has 0 fully saturated rings. The van der Waals surface area contributed by atoms with Crippen molar-refractivity contribution in [3.8, 4) is 0 Å². The molecule has 1 atom stereocenters. The minimum atomic E-state index is -0.105. The third-order valence-corrected chi connectivity index (χ3v) is 3.02. The molecule has 2 rings (SSSR count). The highest BCUT2D eigenvalue weighted by atomic mass is 19.1. The molecular formula is C14H16FNO2. The van der Waals surface area contributed by atoms with Crippen LogP contribution in [0.3, 0.4) is 0 Å². The fourth-order valence-corrected chi connectivity index (χ4v) is 1.90. The van der Waals surface area contributed by atoms with Crippen LogP contribution in [0.25, 0.3) is 0 Å². The maximum atomic E-state index is 13.4. The molecule has 1 aromatic carbocycles. The summed E-state index contributed by atoms with van der Waals surface area (Å²) in [4.78, 5) is 20.7. The molecular weight excluding hydrogens is 233 g/mol. The highest BCUT2D eigenvalue weighted by molar-refractivity contribution is 5.83. The van der Waals surface area contributed by atoms with E-state index in [9.17, 15) is 4.39 Å². The molecule has 0 aliphatic carbocycles. The molecule has 1 aromatic rings. The van der Waals surface area contributed by atoms with Crippen LogP contribution in [-0.2, 0) is 16.0 Å². The predicted molar refractivity (Wildman–Crippen MR) is 66.1 cm³/mol. The third-order valence-electron chi connectivity index (χ3n) is 3.02. The van der Waals surface area contributed by atoms with E-state index in [0.717, 1.165) is 17.5 Å². The molecule has 1 unspecified atom stereocenters. The second-order valence-corrected chi connectivity index (χ2v) is 4.68. The molecule has 0 N–H and O–H groups in total. The lowest BCUT2D eigenvalue weighted by atomic mass is 9.91. The van der Waals surface area contributed by atoms with Crippen molar-refractivity contribution in [2.45, 2.75) is 33.2 Å². The number of fused-ring (bicyclic) bond motifs is 1. The Bertz CT molecular complexity index is 489. The first-order valence-corrected chi connectivity index (χ1v) is 5.81. The molecule has 0 bridgehead atoms.